The molecule has 1 atom stereocenters. The van der Waals surface area contributed by atoms with Gasteiger partial charge in [0.25, 0.3) is 0 Å². The van der Waals surface area contributed by atoms with E-state index in [1.54, 1.807) is 11.3 Å². The highest BCUT2D eigenvalue weighted by Crippen LogP contribution is 2.43. The highest BCUT2D eigenvalue weighted by atomic mass is 32.1. The number of amides is 1. The first-order valence-corrected chi connectivity index (χ1v) is 7.62. The van der Waals surface area contributed by atoms with Gasteiger partial charge in [0.05, 0.1) is 11.8 Å². The molecule has 0 saturated heterocycles. The Morgan fingerprint density at radius 3 is 2.90 bits per heavy atom. The Balaban J connectivity index is 2.15. The van der Waals surface area contributed by atoms with Crippen LogP contribution in [-0.2, 0) is 4.79 Å². The molecule has 4 rings (SSSR count). The molecule has 0 spiro atoms. The fourth-order valence-corrected chi connectivity index (χ4v) is 4.50. The van der Waals surface area contributed by atoms with Gasteiger partial charge in [0.2, 0.25) is 5.91 Å². The van der Waals surface area contributed by atoms with E-state index in [2.05, 4.69) is 11.4 Å². The number of benzene rings is 1. The third kappa shape index (κ3) is 1.33. The van der Waals surface area contributed by atoms with Gasteiger partial charge < -0.3 is 10.7 Å². The molecular weight excluding hydrogens is 290 g/mol. The van der Waals surface area contributed by atoms with Gasteiger partial charge in [-0.2, -0.15) is 5.26 Å². The fraction of sp³-hybridized carbons (Fsp3) is 0.0714. The van der Waals surface area contributed by atoms with Crippen molar-refractivity contribution >= 4 is 59.5 Å². The fourth-order valence-electron chi connectivity index (χ4n) is 2.57. The standard InChI is InChI=1S/C14H7N3OS2/c15-5-7-12(16)11-10-6-3-4-19-8(6)1-2-9(10)20-14(11)17-13(7)18/h1-4,7,16H,(H,17,18). The van der Waals surface area contributed by atoms with E-state index in [1.165, 1.54) is 11.3 Å². The molecule has 0 fully saturated rings. The zero-order chi connectivity index (χ0) is 13.9. The van der Waals surface area contributed by atoms with E-state index >= 15 is 0 Å². The van der Waals surface area contributed by atoms with Crippen LogP contribution in [-0.4, -0.2) is 11.6 Å². The summed E-state index contributed by atoms with van der Waals surface area (Å²) >= 11 is 3.11. The summed E-state index contributed by atoms with van der Waals surface area (Å²) in [4.78, 5) is 11.8. The highest BCUT2D eigenvalue weighted by Gasteiger charge is 2.34. The van der Waals surface area contributed by atoms with Crippen LogP contribution in [0.25, 0.3) is 20.2 Å². The van der Waals surface area contributed by atoms with Crippen LogP contribution in [0.4, 0.5) is 5.00 Å². The van der Waals surface area contributed by atoms with E-state index in [-0.39, 0.29) is 5.71 Å². The molecule has 1 aromatic carbocycles. The minimum absolute atomic E-state index is 0.108. The molecule has 0 bridgehead atoms. The molecule has 2 aromatic heterocycles. The number of anilines is 1. The molecule has 1 aliphatic rings. The molecule has 2 N–H and O–H groups in total. The zero-order valence-corrected chi connectivity index (χ0v) is 11.7. The number of fused-ring (bicyclic) bond motifs is 5. The molecule has 1 amide bonds. The van der Waals surface area contributed by atoms with Crippen LogP contribution in [0.3, 0.4) is 0 Å². The van der Waals surface area contributed by atoms with Crippen LogP contribution in [0.15, 0.2) is 23.6 Å². The van der Waals surface area contributed by atoms with Crippen molar-refractivity contribution in [3.05, 3.63) is 29.1 Å². The number of carbonyl (C=O) groups excluding carboxylic acids is 1. The maximum atomic E-state index is 11.8. The van der Waals surface area contributed by atoms with Crippen LogP contribution in [0.5, 0.6) is 0 Å². The summed E-state index contributed by atoms with van der Waals surface area (Å²) in [6, 6.07) is 8.00. The SMILES string of the molecule is N#CC1C(=N)c2c(sc3ccc4sccc4c23)NC1=O. The minimum atomic E-state index is -1.02. The maximum Gasteiger partial charge on any atom is 0.248 e. The summed E-state index contributed by atoms with van der Waals surface area (Å²) < 4.78 is 2.18. The van der Waals surface area contributed by atoms with E-state index in [0.717, 1.165) is 20.2 Å². The molecule has 20 heavy (non-hydrogen) atoms. The Bertz CT molecular complexity index is 945. The summed E-state index contributed by atoms with van der Waals surface area (Å²) in [6.07, 6.45) is 0. The second kappa shape index (κ2) is 3.88. The number of rotatable bonds is 0. The quantitative estimate of drug-likeness (QED) is 0.665. The second-order valence-electron chi connectivity index (χ2n) is 4.54. The Hall–Kier alpha value is -2.23. The Morgan fingerprint density at radius 1 is 1.30 bits per heavy atom. The van der Waals surface area contributed by atoms with E-state index in [4.69, 9.17) is 10.7 Å². The van der Waals surface area contributed by atoms with E-state index in [9.17, 15) is 4.79 Å². The van der Waals surface area contributed by atoms with Gasteiger partial charge in [-0.05, 0) is 23.6 Å². The van der Waals surface area contributed by atoms with Gasteiger partial charge in [0.1, 0.15) is 5.00 Å². The first-order valence-electron chi connectivity index (χ1n) is 5.92. The van der Waals surface area contributed by atoms with Gasteiger partial charge in [0.15, 0.2) is 5.92 Å². The number of hydrogen-bond donors (Lipinski definition) is 2. The molecule has 3 heterocycles. The van der Waals surface area contributed by atoms with Crippen LogP contribution in [0.2, 0.25) is 0 Å². The summed E-state index contributed by atoms with van der Waals surface area (Å²) in [6.45, 7) is 0. The van der Waals surface area contributed by atoms with E-state index < -0.39 is 11.8 Å². The number of hydrogen-bond acceptors (Lipinski definition) is 5. The Kier molecular flexibility index (Phi) is 2.25. The Morgan fingerprint density at radius 2 is 2.10 bits per heavy atom. The van der Waals surface area contributed by atoms with Gasteiger partial charge in [-0.25, -0.2) is 0 Å². The molecule has 1 unspecified atom stereocenters. The average molecular weight is 297 g/mol. The molecule has 1 aliphatic heterocycles. The average Bonchev–Trinajstić information content (AvgIpc) is 3.00. The maximum absolute atomic E-state index is 11.8. The van der Waals surface area contributed by atoms with Crippen LogP contribution < -0.4 is 5.32 Å². The molecule has 0 aliphatic carbocycles. The number of nitrogens with zero attached hydrogens (tertiary/aromatic N) is 1. The molecule has 3 aromatic rings. The second-order valence-corrected chi connectivity index (χ2v) is 6.54. The van der Waals surface area contributed by atoms with E-state index in [0.29, 0.717) is 10.6 Å². The van der Waals surface area contributed by atoms with E-state index in [1.807, 2.05) is 23.6 Å². The number of nitrogens with one attached hydrogen (secondary N) is 2. The lowest BCUT2D eigenvalue weighted by Crippen LogP contribution is -2.33. The summed E-state index contributed by atoms with van der Waals surface area (Å²) in [5.74, 6) is -1.42. The number of nitriles is 1. The number of carbonyl (C=O) groups is 1. The van der Waals surface area contributed by atoms with Gasteiger partial charge in [-0.15, -0.1) is 22.7 Å². The largest absolute Gasteiger partial charge is 0.316 e. The lowest BCUT2D eigenvalue weighted by atomic mass is 9.92. The summed E-state index contributed by atoms with van der Waals surface area (Å²) in [7, 11) is 0. The van der Waals surface area contributed by atoms with Crippen LogP contribution in [0, 0.1) is 22.7 Å². The van der Waals surface area contributed by atoms with Crippen molar-refractivity contribution < 1.29 is 4.79 Å². The lowest BCUT2D eigenvalue weighted by Gasteiger charge is -2.18. The van der Waals surface area contributed by atoms with Crippen molar-refractivity contribution in [3.8, 4) is 6.07 Å². The van der Waals surface area contributed by atoms with Crippen LogP contribution >= 0.6 is 22.7 Å². The third-order valence-corrected chi connectivity index (χ3v) is 5.42. The smallest absolute Gasteiger partial charge is 0.248 e. The molecular formula is C14H7N3OS2. The predicted molar refractivity (Wildman–Crippen MR) is 81.8 cm³/mol. The van der Waals surface area contributed by atoms with Crippen molar-refractivity contribution in [2.45, 2.75) is 0 Å². The number of thiophene rings is 2. The van der Waals surface area contributed by atoms with Gasteiger partial charge in [-0.1, -0.05) is 0 Å². The molecule has 6 heteroatoms. The predicted octanol–water partition coefficient (Wildman–Crippen LogP) is 3.58. The minimum Gasteiger partial charge on any atom is -0.316 e. The van der Waals surface area contributed by atoms with Crippen molar-refractivity contribution in [3.63, 3.8) is 0 Å². The monoisotopic (exact) mass is 297 g/mol. The summed E-state index contributed by atoms with van der Waals surface area (Å²) in [5.41, 5.74) is 0.816. The van der Waals surface area contributed by atoms with Gasteiger partial charge >= 0.3 is 0 Å². The third-order valence-electron chi connectivity index (χ3n) is 3.47. The first-order chi connectivity index (χ1) is 9.70. The first kappa shape index (κ1) is 11.6. The lowest BCUT2D eigenvalue weighted by molar-refractivity contribution is -0.116. The normalized spacial score (nSPS) is 18.1. The van der Waals surface area contributed by atoms with Crippen LogP contribution in [0.1, 0.15) is 5.56 Å². The van der Waals surface area contributed by atoms with Crippen molar-refractivity contribution in [1.82, 2.24) is 0 Å². The van der Waals surface area contributed by atoms with Crippen molar-refractivity contribution in [2.24, 2.45) is 5.92 Å². The molecule has 4 nitrogen and oxygen atoms in total. The van der Waals surface area contributed by atoms with Gasteiger partial charge in [-0.3, -0.25) is 4.79 Å². The zero-order valence-electron chi connectivity index (χ0n) is 10.1. The summed E-state index contributed by atoms with van der Waals surface area (Å²) in [5, 5.41) is 24.8. The molecule has 0 radical (unpaired) electrons. The topological polar surface area (TPSA) is 76.7 Å². The molecule has 0 saturated carbocycles. The van der Waals surface area contributed by atoms with Gasteiger partial charge in [0, 0.05) is 25.7 Å². The van der Waals surface area contributed by atoms with Crippen molar-refractivity contribution in [1.29, 1.82) is 10.7 Å². The highest BCUT2D eigenvalue weighted by molar-refractivity contribution is 7.24. The Labute approximate surface area is 121 Å². The van der Waals surface area contributed by atoms with Crippen molar-refractivity contribution in [2.75, 3.05) is 5.32 Å². The molecule has 96 valence electrons.